The van der Waals surface area contributed by atoms with Crippen molar-refractivity contribution < 1.29 is 9.59 Å². The number of anilines is 2. The molecule has 0 atom stereocenters. The van der Waals surface area contributed by atoms with Gasteiger partial charge in [-0.25, -0.2) is 4.98 Å². The highest BCUT2D eigenvalue weighted by molar-refractivity contribution is 9.10. The van der Waals surface area contributed by atoms with Crippen LogP contribution >= 0.6 is 50.6 Å². The molecule has 0 saturated heterocycles. The van der Waals surface area contributed by atoms with Crippen LogP contribution in [0.1, 0.15) is 12.0 Å². The summed E-state index contributed by atoms with van der Waals surface area (Å²) >= 11 is 12.4. The summed E-state index contributed by atoms with van der Waals surface area (Å²) in [5.41, 5.74) is 3.28. The van der Waals surface area contributed by atoms with Crippen LogP contribution in [0.5, 0.6) is 0 Å². The Hall–Kier alpha value is -2.39. The minimum Gasteiger partial charge on any atom is -0.326 e. The van der Waals surface area contributed by atoms with Crippen molar-refractivity contribution in [3.8, 4) is 0 Å². The standard InChI is InChI=1S/C24H19BrClN3O2S2/c25-16-7-9-19(18(26)12-16)28-23(31)14-32-24-29-20-10-8-17(13-21(20)33-24)27-22(30)11-6-15-4-2-1-3-5-15/h1-5,7-10,12-13H,6,11,14H2,(H,27,30)(H,28,31). The Balaban J connectivity index is 1.31. The van der Waals surface area contributed by atoms with Gasteiger partial charge in [-0.2, -0.15) is 0 Å². The van der Waals surface area contributed by atoms with Crippen molar-refractivity contribution >= 4 is 84.0 Å². The number of aryl methyl sites for hydroxylation is 1. The maximum Gasteiger partial charge on any atom is 0.234 e. The fourth-order valence-electron chi connectivity index (χ4n) is 3.07. The number of amides is 2. The van der Waals surface area contributed by atoms with E-state index in [0.717, 1.165) is 30.3 Å². The number of halogens is 2. The zero-order valence-corrected chi connectivity index (χ0v) is 21.3. The lowest BCUT2D eigenvalue weighted by molar-refractivity contribution is -0.116. The molecule has 0 fully saturated rings. The average molecular weight is 561 g/mol. The molecule has 0 saturated carbocycles. The predicted octanol–water partition coefficient (Wildman–Crippen LogP) is 7.01. The first-order chi connectivity index (χ1) is 16.0. The number of thiazole rings is 1. The zero-order chi connectivity index (χ0) is 23.2. The molecule has 0 spiro atoms. The topological polar surface area (TPSA) is 71.1 Å². The minimum absolute atomic E-state index is 0.0272. The molecule has 4 aromatic rings. The quantitative estimate of drug-likeness (QED) is 0.227. The summed E-state index contributed by atoms with van der Waals surface area (Å²) < 4.78 is 2.59. The maximum atomic E-state index is 12.3. The molecule has 1 heterocycles. The molecule has 4 rings (SSSR count). The molecule has 2 N–H and O–H groups in total. The van der Waals surface area contributed by atoms with Gasteiger partial charge in [0.2, 0.25) is 11.8 Å². The van der Waals surface area contributed by atoms with Gasteiger partial charge >= 0.3 is 0 Å². The van der Waals surface area contributed by atoms with E-state index in [-0.39, 0.29) is 17.6 Å². The lowest BCUT2D eigenvalue weighted by atomic mass is 10.1. The van der Waals surface area contributed by atoms with E-state index in [1.807, 2.05) is 54.6 Å². The smallest absolute Gasteiger partial charge is 0.234 e. The van der Waals surface area contributed by atoms with Crippen molar-refractivity contribution in [2.75, 3.05) is 16.4 Å². The molecule has 5 nitrogen and oxygen atoms in total. The number of nitrogens with one attached hydrogen (secondary N) is 2. The number of thioether (sulfide) groups is 1. The van der Waals surface area contributed by atoms with Crippen molar-refractivity contribution in [2.24, 2.45) is 0 Å². The van der Waals surface area contributed by atoms with Crippen molar-refractivity contribution in [3.63, 3.8) is 0 Å². The number of benzene rings is 3. The summed E-state index contributed by atoms with van der Waals surface area (Å²) in [6.07, 6.45) is 1.12. The van der Waals surface area contributed by atoms with Crippen molar-refractivity contribution in [1.82, 2.24) is 4.98 Å². The van der Waals surface area contributed by atoms with Crippen LogP contribution in [-0.2, 0) is 16.0 Å². The summed E-state index contributed by atoms with van der Waals surface area (Å²) in [5.74, 6) is 0.0328. The van der Waals surface area contributed by atoms with Crippen molar-refractivity contribution in [3.05, 3.63) is 81.8 Å². The highest BCUT2D eigenvalue weighted by Crippen LogP contribution is 2.32. The number of hydrogen-bond donors (Lipinski definition) is 2. The number of carbonyl (C=O) groups is 2. The van der Waals surface area contributed by atoms with Gasteiger partial charge in [0.05, 0.1) is 26.7 Å². The van der Waals surface area contributed by atoms with Crippen LogP contribution < -0.4 is 10.6 Å². The number of fused-ring (bicyclic) bond motifs is 1. The number of rotatable bonds is 8. The molecule has 33 heavy (non-hydrogen) atoms. The van der Waals surface area contributed by atoms with E-state index in [1.165, 1.54) is 23.1 Å². The molecular formula is C24H19BrClN3O2S2. The van der Waals surface area contributed by atoms with Gasteiger partial charge in [0, 0.05) is 16.6 Å². The van der Waals surface area contributed by atoms with E-state index in [9.17, 15) is 9.59 Å². The second-order valence-electron chi connectivity index (χ2n) is 7.16. The molecule has 9 heteroatoms. The Morgan fingerprint density at radius 1 is 1.00 bits per heavy atom. The third-order valence-corrected chi connectivity index (χ3v) is 7.64. The van der Waals surface area contributed by atoms with Crippen LogP contribution in [0.4, 0.5) is 11.4 Å². The third-order valence-electron chi connectivity index (χ3n) is 4.67. The van der Waals surface area contributed by atoms with Crippen molar-refractivity contribution in [2.45, 2.75) is 17.2 Å². The van der Waals surface area contributed by atoms with Crippen molar-refractivity contribution in [1.29, 1.82) is 0 Å². The number of nitrogens with zero attached hydrogens (tertiary/aromatic N) is 1. The van der Waals surface area contributed by atoms with Crippen LogP contribution in [0.3, 0.4) is 0 Å². The lowest BCUT2D eigenvalue weighted by Crippen LogP contribution is -2.14. The Morgan fingerprint density at radius 3 is 2.61 bits per heavy atom. The number of carbonyl (C=O) groups excluding carboxylic acids is 2. The largest absolute Gasteiger partial charge is 0.326 e. The van der Waals surface area contributed by atoms with Crippen LogP contribution in [0.15, 0.2) is 75.5 Å². The first kappa shape index (κ1) is 23.8. The Labute approximate surface area is 213 Å². The first-order valence-corrected chi connectivity index (χ1v) is 13.1. The second kappa shape index (κ2) is 11.2. The summed E-state index contributed by atoms with van der Waals surface area (Å²) in [7, 11) is 0. The van der Waals surface area contributed by atoms with Crippen LogP contribution in [0.25, 0.3) is 10.2 Å². The molecule has 0 aliphatic carbocycles. The molecular weight excluding hydrogens is 542 g/mol. The van der Waals surface area contributed by atoms with Gasteiger partial charge in [-0.3, -0.25) is 9.59 Å². The predicted molar refractivity (Wildman–Crippen MR) is 142 cm³/mol. The summed E-state index contributed by atoms with van der Waals surface area (Å²) in [4.78, 5) is 29.2. The Kier molecular flexibility index (Phi) is 8.03. The third kappa shape index (κ3) is 6.80. The van der Waals surface area contributed by atoms with Crippen LogP contribution in [-0.4, -0.2) is 22.6 Å². The second-order valence-corrected chi connectivity index (χ2v) is 10.7. The number of hydrogen-bond acceptors (Lipinski definition) is 5. The van der Waals surface area contributed by atoms with Gasteiger partial charge in [-0.15, -0.1) is 11.3 Å². The van der Waals surface area contributed by atoms with Gasteiger partial charge in [0.15, 0.2) is 4.34 Å². The monoisotopic (exact) mass is 559 g/mol. The zero-order valence-electron chi connectivity index (χ0n) is 17.3. The summed E-state index contributed by atoms with van der Waals surface area (Å²) in [6.45, 7) is 0. The molecule has 0 radical (unpaired) electrons. The highest BCUT2D eigenvalue weighted by atomic mass is 79.9. The maximum absolute atomic E-state index is 12.3. The van der Waals surface area contributed by atoms with Gasteiger partial charge in [-0.05, 0) is 48.4 Å². The molecule has 0 aliphatic heterocycles. The average Bonchev–Trinajstić information content (AvgIpc) is 3.21. The SMILES string of the molecule is O=C(CCc1ccccc1)Nc1ccc2nc(SCC(=O)Nc3ccc(Br)cc3Cl)sc2c1. The minimum atomic E-state index is -0.158. The van der Waals surface area contributed by atoms with E-state index in [0.29, 0.717) is 23.6 Å². The first-order valence-electron chi connectivity index (χ1n) is 10.1. The lowest BCUT2D eigenvalue weighted by Gasteiger charge is -2.06. The molecule has 2 amide bonds. The number of aromatic nitrogens is 1. The van der Waals surface area contributed by atoms with E-state index >= 15 is 0 Å². The van der Waals surface area contributed by atoms with Gasteiger partial charge in [0.25, 0.3) is 0 Å². The fraction of sp³-hybridized carbons (Fsp3) is 0.125. The molecule has 0 unspecified atom stereocenters. The molecule has 0 bridgehead atoms. The Morgan fingerprint density at radius 2 is 1.82 bits per heavy atom. The molecule has 3 aromatic carbocycles. The van der Waals surface area contributed by atoms with E-state index in [2.05, 4.69) is 31.5 Å². The van der Waals surface area contributed by atoms with Gasteiger partial charge in [0.1, 0.15) is 0 Å². The summed E-state index contributed by atoms with van der Waals surface area (Å²) in [6, 6.07) is 20.9. The molecule has 1 aromatic heterocycles. The fourth-order valence-corrected chi connectivity index (χ4v) is 5.70. The van der Waals surface area contributed by atoms with E-state index in [4.69, 9.17) is 11.6 Å². The van der Waals surface area contributed by atoms with E-state index in [1.54, 1.807) is 12.1 Å². The van der Waals surface area contributed by atoms with Gasteiger partial charge in [-0.1, -0.05) is 69.6 Å². The molecule has 168 valence electrons. The van der Waals surface area contributed by atoms with E-state index < -0.39 is 0 Å². The highest BCUT2D eigenvalue weighted by Gasteiger charge is 2.11. The normalized spacial score (nSPS) is 10.8. The van der Waals surface area contributed by atoms with Crippen LogP contribution in [0, 0.1) is 0 Å². The molecule has 0 aliphatic rings. The van der Waals surface area contributed by atoms with Crippen LogP contribution in [0.2, 0.25) is 5.02 Å². The van der Waals surface area contributed by atoms with Gasteiger partial charge < -0.3 is 10.6 Å². The Bertz CT molecular complexity index is 1300. The summed E-state index contributed by atoms with van der Waals surface area (Å²) in [5, 5.41) is 6.24.